The second kappa shape index (κ2) is 7.64. The minimum atomic E-state index is -0.262. The third-order valence-electron chi connectivity index (χ3n) is 3.61. The number of ketones is 1. The van der Waals surface area contributed by atoms with Gasteiger partial charge in [-0.1, -0.05) is 29.8 Å². The van der Waals surface area contributed by atoms with Gasteiger partial charge in [-0.2, -0.15) is 0 Å². The highest BCUT2D eigenvalue weighted by atomic mass is 16.6. The van der Waals surface area contributed by atoms with E-state index in [0.29, 0.717) is 38.3 Å². The molecule has 1 aromatic rings. The first-order valence-electron chi connectivity index (χ1n) is 7.55. The highest BCUT2D eigenvalue weighted by Gasteiger charge is 2.20. The summed E-state index contributed by atoms with van der Waals surface area (Å²) in [6.45, 7) is 6.82. The van der Waals surface area contributed by atoms with E-state index in [2.05, 4.69) is 0 Å². The fourth-order valence-corrected chi connectivity index (χ4v) is 2.26. The van der Waals surface area contributed by atoms with E-state index in [9.17, 15) is 9.59 Å². The molecule has 0 saturated carbocycles. The number of amides is 1. The van der Waals surface area contributed by atoms with E-state index in [0.717, 1.165) is 5.56 Å². The Labute approximate surface area is 131 Å². The van der Waals surface area contributed by atoms with Gasteiger partial charge in [-0.05, 0) is 13.8 Å². The first kappa shape index (κ1) is 16.1. The van der Waals surface area contributed by atoms with Gasteiger partial charge in [0.25, 0.3) is 0 Å². The van der Waals surface area contributed by atoms with Crippen LogP contribution in [-0.2, 0) is 4.74 Å². The van der Waals surface area contributed by atoms with Crippen molar-refractivity contribution < 1.29 is 14.3 Å². The molecule has 0 atom stereocenters. The Morgan fingerprint density at radius 3 is 2.36 bits per heavy atom. The average Bonchev–Trinajstić information content (AvgIpc) is 2.54. The van der Waals surface area contributed by atoms with Crippen molar-refractivity contribution >= 4 is 11.9 Å². The number of rotatable bonds is 4. The fourth-order valence-electron chi connectivity index (χ4n) is 2.26. The normalized spacial score (nSPS) is 15.2. The van der Waals surface area contributed by atoms with Crippen molar-refractivity contribution in [1.29, 1.82) is 0 Å². The van der Waals surface area contributed by atoms with Crippen LogP contribution in [0.4, 0.5) is 4.79 Å². The molecular formula is C17H22N2O3. The number of ether oxygens (including phenoxy) is 1. The molecular weight excluding hydrogens is 280 g/mol. The monoisotopic (exact) mass is 302 g/mol. The zero-order valence-corrected chi connectivity index (χ0v) is 13.1. The van der Waals surface area contributed by atoms with E-state index >= 15 is 0 Å². The first-order chi connectivity index (χ1) is 10.6. The summed E-state index contributed by atoms with van der Waals surface area (Å²) in [7, 11) is 0. The van der Waals surface area contributed by atoms with Crippen LogP contribution in [0.15, 0.2) is 36.5 Å². The summed E-state index contributed by atoms with van der Waals surface area (Å²) in [6, 6.07) is 7.53. The number of hydrogen-bond acceptors (Lipinski definition) is 4. The first-order valence-corrected chi connectivity index (χ1v) is 7.55. The number of allylic oxidation sites excluding steroid dienone is 1. The fraction of sp³-hybridized carbons (Fsp3) is 0.412. The van der Waals surface area contributed by atoms with E-state index in [1.165, 1.54) is 0 Å². The molecule has 0 N–H and O–H groups in total. The summed E-state index contributed by atoms with van der Waals surface area (Å²) in [5, 5.41) is 0. The lowest BCUT2D eigenvalue weighted by Gasteiger charge is -2.33. The predicted octanol–water partition coefficient (Wildman–Crippen LogP) is 2.47. The summed E-state index contributed by atoms with van der Waals surface area (Å²) < 4.78 is 4.98. The molecule has 0 unspecified atom stereocenters. The molecule has 0 bridgehead atoms. The average molecular weight is 302 g/mol. The van der Waals surface area contributed by atoms with Gasteiger partial charge in [-0.25, -0.2) is 4.79 Å². The highest BCUT2D eigenvalue weighted by Crippen LogP contribution is 2.07. The zero-order valence-electron chi connectivity index (χ0n) is 13.1. The van der Waals surface area contributed by atoms with Crippen molar-refractivity contribution in [3.8, 4) is 0 Å². The minimum absolute atomic E-state index is 0.00665. The van der Waals surface area contributed by atoms with Crippen LogP contribution in [0.5, 0.6) is 0 Å². The summed E-state index contributed by atoms with van der Waals surface area (Å²) in [6.07, 6.45) is 3.14. The number of nitrogens with zero attached hydrogens (tertiary/aromatic N) is 2. The molecule has 5 nitrogen and oxygen atoms in total. The molecule has 1 saturated heterocycles. The van der Waals surface area contributed by atoms with E-state index in [1.807, 2.05) is 42.3 Å². The summed E-state index contributed by atoms with van der Waals surface area (Å²) in [5.41, 5.74) is 1.82. The van der Waals surface area contributed by atoms with Crippen molar-refractivity contribution in [3.63, 3.8) is 0 Å². The third-order valence-corrected chi connectivity index (χ3v) is 3.61. The molecule has 0 spiro atoms. The van der Waals surface area contributed by atoms with Gasteiger partial charge in [-0.15, -0.1) is 0 Å². The number of aryl methyl sites for hydroxylation is 1. The van der Waals surface area contributed by atoms with Crippen LogP contribution in [-0.4, -0.2) is 54.5 Å². The summed E-state index contributed by atoms with van der Waals surface area (Å²) in [4.78, 5) is 27.4. The van der Waals surface area contributed by atoms with Crippen LogP contribution in [0.25, 0.3) is 0 Å². The maximum atomic E-state index is 12.1. The van der Waals surface area contributed by atoms with E-state index in [4.69, 9.17) is 4.74 Å². The maximum Gasteiger partial charge on any atom is 0.409 e. The Morgan fingerprint density at radius 2 is 1.77 bits per heavy atom. The van der Waals surface area contributed by atoms with Gasteiger partial charge in [0.05, 0.1) is 6.61 Å². The predicted molar refractivity (Wildman–Crippen MR) is 84.8 cm³/mol. The van der Waals surface area contributed by atoms with Gasteiger partial charge in [0.2, 0.25) is 0 Å². The number of benzene rings is 1. The van der Waals surface area contributed by atoms with Crippen LogP contribution >= 0.6 is 0 Å². The third kappa shape index (κ3) is 4.35. The number of piperazine rings is 1. The molecule has 1 aliphatic rings. The summed E-state index contributed by atoms with van der Waals surface area (Å²) in [5.74, 6) is -0.00665. The second-order valence-corrected chi connectivity index (χ2v) is 5.27. The van der Waals surface area contributed by atoms with E-state index in [-0.39, 0.29) is 11.9 Å². The quantitative estimate of drug-likeness (QED) is 0.633. The topological polar surface area (TPSA) is 49.9 Å². The second-order valence-electron chi connectivity index (χ2n) is 5.27. The molecule has 118 valence electrons. The van der Waals surface area contributed by atoms with Gasteiger partial charge < -0.3 is 14.5 Å². The Balaban J connectivity index is 1.83. The Morgan fingerprint density at radius 1 is 1.14 bits per heavy atom. The van der Waals surface area contributed by atoms with Gasteiger partial charge in [0, 0.05) is 44.0 Å². The SMILES string of the molecule is CCOC(=O)N1CCN(C=CC(=O)c2ccc(C)cc2)CC1. The van der Waals surface area contributed by atoms with Crippen LogP contribution in [0.3, 0.4) is 0 Å². The van der Waals surface area contributed by atoms with E-state index < -0.39 is 0 Å². The Hall–Kier alpha value is -2.30. The van der Waals surface area contributed by atoms with Crippen LogP contribution < -0.4 is 0 Å². The molecule has 1 heterocycles. The highest BCUT2D eigenvalue weighted by molar-refractivity contribution is 6.04. The van der Waals surface area contributed by atoms with Crippen LogP contribution in [0, 0.1) is 6.92 Å². The Bertz CT molecular complexity index is 544. The number of carbonyl (C=O) groups is 2. The van der Waals surface area contributed by atoms with E-state index in [1.54, 1.807) is 17.9 Å². The molecule has 5 heteroatoms. The zero-order chi connectivity index (χ0) is 15.9. The van der Waals surface area contributed by atoms with Crippen molar-refractivity contribution in [2.75, 3.05) is 32.8 Å². The summed E-state index contributed by atoms with van der Waals surface area (Å²) >= 11 is 0. The minimum Gasteiger partial charge on any atom is -0.450 e. The Kier molecular flexibility index (Phi) is 5.58. The van der Waals surface area contributed by atoms with Gasteiger partial charge in [0.1, 0.15) is 0 Å². The lowest BCUT2D eigenvalue weighted by Crippen LogP contribution is -2.47. The lowest BCUT2D eigenvalue weighted by molar-refractivity contribution is 0.0886. The van der Waals surface area contributed by atoms with Crippen LogP contribution in [0.1, 0.15) is 22.8 Å². The molecule has 0 aromatic heterocycles. The molecule has 1 aliphatic heterocycles. The molecule has 2 rings (SSSR count). The largest absolute Gasteiger partial charge is 0.450 e. The molecule has 1 fully saturated rings. The maximum absolute atomic E-state index is 12.1. The van der Waals surface area contributed by atoms with Gasteiger partial charge in [0.15, 0.2) is 5.78 Å². The van der Waals surface area contributed by atoms with Crippen molar-refractivity contribution in [3.05, 3.63) is 47.7 Å². The van der Waals surface area contributed by atoms with Crippen LogP contribution in [0.2, 0.25) is 0 Å². The molecule has 0 radical (unpaired) electrons. The molecule has 1 amide bonds. The number of carbonyl (C=O) groups excluding carboxylic acids is 2. The van der Waals surface area contributed by atoms with Gasteiger partial charge in [-0.3, -0.25) is 4.79 Å². The van der Waals surface area contributed by atoms with Gasteiger partial charge >= 0.3 is 6.09 Å². The van der Waals surface area contributed by atoms with Crippen molar-refractivity contribution in [2.24, 2.45) is 0 Å². The molecule has 1 aromatic carbocycles. The number of hydrogen-bond donors (Lipinski definition) is 0. The van der Waals surface area contributed by atoms with Crippen molar-refractivity contribution in [1.82, 2.24) is 9.80 Å². The smallest absolute Gasteiger partial charge is 0.409 e. The van der Waals surface area contributed by atoms with Crippen molar-refractivity contribution in [2.45, 2.75) is 13.8 Å². The lowest BCUT2D eigenvalue weighted by atomic mass is 10.1. The molecule has 0 aliphatic carbocycles. The standard InChI is InChI=1S/C17H22N2O3/c1-3-22-17(21)19-12-10-18(11-13-19)9-8-16(20)15-6-4-14(2)5-7-15/h4-9H,3,10-13H2,1-2H3. The molecule has 22 heavy (non-hydrogen) atoms.